The molecular weight excluding hydrogens is 1240 g/mol. The van der Waals surface area contributed by atoms with Gasteiger partial charge in [0.25, 0.3) is 5.79 Å². The first kappa shape index (κ1) is 87.7. The first-order valence-electron chi connectivity index (χ1n) is 38.1. The van der Waals surface area contributed by atoms with Gasteiger partial charge in [0.05, 0.1) is 50.7 Å². The van der Waals surface area contributed by atoms with Gasteiger partial charge < -0.3 is 100 Å². The average Bonchev–Trinajstić information content (AvgIpc) is 0.760. The van der Waals surface area contributed by atoms with E-state index in [0.717, 1.165) is 51.9 Å². The van der Waals surface area contributed by atoms with E-state index in [9.17, 15) is 75.7 Å². The molecule has 3 fully saturated rings. The van der Waals surface area contributed by atoms with Crippen LogP contribution in [-0.4, -0.2) is 215 Å². The number of aliphatic hydroxyl groups excluding tert-OH is 11. The summed E-state index contributed by atoms with van der Waals surface area (Å²) >= 11 is 0. The molecule has 14 N–H and O–H groups in total. The summed E-state index contributed by atoms with van der Waals surface area (Å²) < 4.78 is 34.8. The third kappa shape index (κ3) is 34.4. The molecule has 0 radical (unpaired) electrons. The zero-order valence-electron chi connectivity index (χ0n) is 59.2. The molecule has 0 aromatic carbocycles. The zero-order chi connectivity index (χ0) is 70.4. The molecule has 23 nitrogen and oxygen atoms in total. The lowest BCUT2D eigenvalue weighted by Crippen LogP contribution is -2.70. The minimum Gasteiger partial charge on any atom is -0.477 e. The van der Waals surface area contributed by atoms with Gasteiger partial charge in [0.2, 0.25) is 11.8 Å². The molecule has 564 valence electrons. The van der Waals surface area contributed by atoms with Crippen LogP contribution >= 0.6 is 0 Å². The van der Waals surface area contributed by atoms with Crippen molar-refractivity contribution in [2.24, 2.45) is 0 Å². The summed E-state index contributed by atoms with van der Waals surface area (Å²) in [5.74, 6) is -6.13. The molecule has 96 heavy (non-hydrogen) atoms. The molecule has 0 aromatic heterocycles. The number of allylic oxidation sites excluding steroid dienone is 1. The molecule has 0 saturated carbocycles. The number of carbonyl (C=O) groups is 3. The Labute approximate surface area is 575 Å². The van der Waals surface area contributed by atoms with Crippen LogP contribution < -0.4 is 10.6 Å². The van der Waals surface area contributed by atoms with Gasteiger partial charge in [-0.1, -0.05) is 270 Å². The summed E-state index contributed by atoms with van der Waals surface area (Å²) in [5.41, 5.74) is 0. The number of carbonyl (C=O) groups excluding carboxylic acids is 2. The van der Waals surface area contributed by atoms with E-state index < -0.39 is 155 Å². The summed E-state index contributed by atoms with van der Waals surface area (Å²) in [5, 5.41) is 136. The molecule has 0 bridgehead atoms. The maximum absolute atomic E-state index is 13.5. The molecular formula is C73H136N2O21. The number of ether oxygens (including phenoxy) is 6. The molecule has 23 heteroatoms. The van der Waals surface area contributed by atoms with Crippen LogP contribution in [-0.2, 0) is 42.8 Å². The molecule has 0 aromatic rings. The van der Waals surface area contributed by atoms with Crippen molar-refractivity contribution < 1.29 is 104 Å². The van der Waals surface area contributed by atoms with Crippen LogP contribution in [0.3, 0.4) is 0 Å². The lowest BCUT2D eigenvalue weighted by molar-refractivity contribution is -0.386. The van der Waals surface area contributed by atoms with Gasteiger partial charge in [0.1, 0.15) is 67.1 Å². The quantitative estimate of drug-likeness (QED) is 0.0200. The fourth-order valence-corrected chi connectivity index (χ4v) is 13.4. The maximum atomic E-state index is 13.5. The highest BCUT2D eigenvalue weighted by Gasteiger charge is 2.60. The highest BCUT2D eigenvalue weighted by molar-refractivity contribution is 5.77. The smallest absolute Gasteiger partial charge is 0.364 e. The SMILES string of the molecule is CCCCCCCCCCCC/C=C/C(O)C(COC1OC(CO)C(OC2OC(CO)C(O)C(OC3(C(=O)O)CC(O)C(NC(C)=O)C(C(O)C(O)CO)O3)C2O)C(O)C1O)NC(=O)CCCCCCCCCCCCCCCCCCCCCCCCCCCCCCCC. The van der Waals surface area contributed by atoms with E-state index in [1.54, 1.807) is 6.08 Å². The molecule has 18 unspecified atom stereocenters. The van der Waals surface area contributed by atoms with E-state index in [2.05, 4.69) is 24.5 Å². The average molecular weight is 1380 g/mol. The number of hydrogen-bond acceptors (Lipinski definition) is 20. The minimum atomic E-state index is -3.08. The Hall–Kier alpha value is -2.53. The second-order valence-electron chi connectivity index (χ2n) is 27.9. The van der Waals surface area contributed by atoms with E-state index in [0.29, 0.717) is 12.8 Å². The highest BCUT2D eigenvalue weighted by Crippen LogP contribution is 2.39. The Morgan fingerprint density at radius 2 is 0.969 bits per heavy atom. The summed E-state index contributed by atoms with van der Waals surface area (Å²) in [7, 11) is 0. The number of aliphatic hydroxyl groups is 11. The molecule has 2 amide bonds. The number of hydrogen-bond donors (Lipinski definition) is 14. The van der Waals surface area contributed by atoms with Crippen molar-refractivity contribution in [3.63, 3.8) is 0 Å². The van der Waals surface area contributed by atoms with E-state index in [1.807, 2.05) is 6.08 Å². The van der Waals surface area contributed by atoms with Crippen LogP contribution in [0.25, 0.3) is 0 Å². The van der Waals surface area contributed by atoms with Crippen LogP contribution in [0.1, 0.15) is 297 Å². The molecule has 3 aliphatic rings. The minimum absolute atomic E-state index is 0.205. The lowest BCUT2D eigenvalue weighted by Gasteiger charge is -2.50. The van der Waals surface area contributed by atoms with Crippen molar-refractivity contribution >= 4 is 17.8 Å². The predicted molar refractivity (Wildman–Crippen MR) is 366 cm³/mol. The van der Waals surface area contributed by atoms with Crippen molar-refractivity contribution in [2.45, 2.75) is 407 Å². The number of unbranched alkanes of at least 4 members (excludes halogenated alkanes) is 39. The fourth-order valence-electron chi connectivity index (χ4n) is 13.4. The van der Waals surface area contributed by atoms with Gasteiger partial charge in [-0.25, -0.2) is 4.79 Å². The van der Waals surface area contributed by atoms with Gasteiger partial charge in [-0.2, -0.15) is 0 Å². The van der Waals surface area contributed by atoms with Crippen molar-refractivity contribution in [1.82, 2.24) is 10.6 Å². The highest BCUT2D eigenvalue weighted by atomic mass is 16.8. The standard InChI is InChI=1S/C73H136N2O21/c1-4-6-8-10-12-14-16-18-19-20-21-22-23-24-25-26-27-28-29-30-31-32-33-34-35-37-39-41-43-45-47-60(83)75-54(55(80)46-44-42-40-38-36-17-15-13-11-9-7-5-2)52-91-70-65(87)64(86)67(59(51-78)93-70)94-71-66(88)69(63(85)58(50-77)92-71)96-73(72(89)90)48-56(81)61(74-53(3)79)68(95-73)62(84)57(82)49-76/h44,46,54-59,61-71,76-78,80-82,84-88H,4-43,45,47-52H2,1-3H3,(H,74,79)(H,75,83)(H,89,90)/b46-44+. The Morgan fingerprint density at radius 3 is 1.39 bits per heavy atom. The molecule has 3 rings (SSSR count). The van der Waals surface area contributed by atoms with Crippen molar-refractivity contribution in [3.05, 3.63) is 12.2 Å². The second-order valence-corrected chi connectivity index (χ2v) is 27.9. The normalized spacial score (nSPS) is 27.6. The first-order valence-corrected chi connectivity index (χ1v) is 38.1. The summed E-state index contributed by atoms with van der Waals surface area (Å²) in [6.45, 7) is 2.15. The van der Waals surface area contributed by atoms with Gasteiger partial charge in [-0.05, 0) is 19.3 Å². The van der Waals surface area contributed by atoms with Crippen LogP contribution in [0.15, 0.2) is 12.2 Å². The molecule has 3 heterocycles. The number of aliphatic carboxylic acids is 1. The third-order valence-electron chi connectivity index (χ3n) is 19.5. The van der Waals surface area contributed by atoms with Gasteiger partial charge in [-0.3, -0.25) is 9.59 Å². The number of carboxylic acids is 1. The zero-order valence-corrected chi connectivity index (χ0v) is 59.2. The van der Waals surface area contributed by atoms with Crippen molar-refractivity contribution in [3.8, 4) is 0 Å². The molecule has 3 saturated heterocycles. The van der Waals surface area contributed by atoms with Gasteiger partial charge in [0, 0.05) is 19.8 Å². The van der Waals surface area contributed by atoms with Gasteiger partial charge in [-0.15, -0.1) is 0 Å². The van der Waals surface area contributed by atoms with Crippen molar-refractivity contribution in [2.75, 3.05) is 26.4 Å². The van der Waals surface area contributed by atoms with Gasteiger partial charge in [0.15, 0.2) is 12.6 Å². The number of carboxylic acid groups (broad SMARTS) is 1. The molecule has 3 aliphatic heterocycles. The Morgan fingerprint density at radius 1 is 0.542 bits per heavy atom. The van der Waals surface area contributed by atoms with E-state index in [1.165, 1.54) is 205 Å². The lowest BCUT2D eigenvalue weighted by atomic mass is 9.88. The molecule has 0 spiro atoms. The van der Waals surface area contributed by atoms with Crippen molar-refractivity contribution in [1.29, 1.82) is 0 Å². The third-order valence-corrected chi connectivity index (χ3v) is 19.5. The number of rotatable bonds is 59. The number of amides is 2. The largest absolute Gasteiger partial charge is 0.477 e. The topological polar surface area (TPSA) is 373 Å². The Bertz CT molecular complexity index is 1980. The fraction of sp³-hybridized carbons (Fsp3) is 0.932. The van der Waals surface area contributed by atoms with E-state index >= 15 is 0 Å². The monoisotopic (exact) mass is 1380 g/mol. The molecule has 0 aliphatic carbocycles. The maximum Gasteiger partial charge on any atom is 0.364 e. The Balaban J connectivity index is 1.47. The number of nitrogens with one attached hydrogen (secondary N) is 2. The Kier molecular flexibility index (Phi) is 48.7. The summed E-state index contributed by atoms with van der Waals surface area (Å²) in [4.78, 5) is 38.6. The first-order chi connectivity index (χ1) is 46.4. The van der Waals surface area contributed by atoms with Crippen LogP contribution in [0.5, 0.6) is 0 Å². The van der Waals surface area contributed by atoms with E-state index in [4.69, 9.17) is 28.4 Å². The van der Waals surface area contributed by atoms with Crippen LogP contribution in [0.2, 0.25) is 0 Å². The van der Waals surface area contributed by atoms with Gasteiger partial charge >= 0.3 is 5.97 Å². The predicted octanol–water partition coefficient (Wildman–Crippen LogP) is 8.63. The van der Waals surface area contributed by atoms with Crippen LogP contribution in [0.4, 0.5) is 0 Å². The second kappa shape index (κ2) is 53.3. The van der Waals surface area contributed by atoms with Crippen LogP contribution in [0, 0.1) is 0 Å². The molecule has 18 atom stereocenters. The van der Waals surface area contributed by atoms with E-state index in [-0.39, 0.29) is 12.3 Å². The summed E-state index contributed by atoms with van der Waals surface area (Å²) in [6.07, 6.45) is 25.7. The summed E-state index contributed by atoms with van der Waals surface area (Å²) in [6, 6.07) is -2.61.